The summed E-state index contributed by atoms with van der Waals surface area (Å²) in [4.78, 5) is 2.49. The molecule has 4 heteroatoms. The first-order valence-corrected chi connectivity index (χ1v) is 6.34. The fourth-order valence-corrected chi connectivity index (χ4v) is 2.61. The molecule has 102 valence electrons. The smallest absolute Gasteiger partial charge is 0.126 e. The van der Waals surface area contributed by atoms with Crippen LogP contribution in [0.2, 0.25) is 0 Å². The van der Waals surface area contributed by atoms with Gasteiger partial charge in [0.15, 0.2) is 0 Å². The van der Waals surface area contributed by atoms with Crippen molar-refractivity contribution in [3.63, 3.8) is 0 Å². The van der Waals surface area contributed by atoms with Crippen molar-refractivity contribution in [1.29, 1.82) is 0 Å². The molecule has 1 heterocycles. The molecule has 1 aromatic rings. The Kier molecular flexibility index (Phi) is 6.06. The second-order valence-electron chi connectivity index (χ2n) is 4.91. The number of nitrogens with one attached hydrogen (secondary N) is 1. The lowest BCUT2D eigenvalue weighted by Gasteiger charge is -2.24. The topological polar surface area (TPSA) is 15.3 Å². The molecule has 1 aliphatic heterocycles. The monoisotopic (exact) mass is 272 g/mol. The van der Waals surface area contributed by atoms with Gasteiger partial charge >= 0.3 is 0 Å². The van der Waals surface area contributed by atoms with Crippen LogP contribution >= 0.6 is 12.4 Å². The van der Waals surface area contributed by atoms with Crippen molar-refractivity contribution in [3.8, 4) is 0 Å². The van der Waals surface area contributed by atoms with Crippen molar-refractivity contribution >= 4 is 12.4 Å². The Balaban J connectivity index is 0.00000162. The van der Waals surface area contributed by atoms with E-state index in [1.807, 2.05) is 26.1 Å². The molecular formula is C14H22ClFN2. The van der Waals surface area contributed by atoms with Crippen LogP contribution in [0, 0.1) is 12.7 Å². The largest absolute Gasteiger partial charge is 0.318 e. The van der Waals surface area contributed by atoms with Crippen LogP contribution in [0.3, 0.4) is 0 Å². The average molecular weight is 273 g/mol. The Morgan fingerprint density at radius 2 is 2.22 bits per heavy atom. The highest BCUT2D eigenvalue weighted by atomic mass is 35.5. The summed E-state index contributed by atoms with van der Waals surface area (Å²) >= 11 is 0. The Morgan fingerprint density at radius 3 is 2.89 bits per heavy atom. The summed E-state index contributed by atoms with van der Waals surface area (Å²) in [5.74, 6) is -0.109. The Morgan fingerprint density at radius 1 is 1.44 bits per heavy atom. The van der Waals surface area contributed by atoms with E-state index in [0.29, 0.717) is 6.04 Å². The fourth-order valence-electron chi connectivity index (χ4n) is 2.61. The highest BCUT2D eigenvalue weighted by Gasteiger charge is 2.23. The normalized spacial score (nSPS) is 19.8. The molecule has 0 saturated carbocycles. The fraction of sp³-hybridized carbons (Fsp3) is 0.571. The summed E-state index contributed by atoms with van der Waals surface area (Å²) < 4.78 is 13.2. The van der Waals surface area contributed by atoms with Crippen molar-refractivity contribution in [2.24, 2.45) is 0 Å². The molecule has 1 atom stereocenters. The third kappa shape index (κ3) is 3.67. The summed E-state index contributed by atoms with van der Waals surface area (Å²) in [6.07, 6.45) is 2.54. The molecule has 2 rings (SSSR count). The van der Waals surface area contributed by atoms with Crippen molar-refractivity contribution < 1.29 is 4.39 Å². The molecule has 0 aliphatic carbocycles. The predicted octanol–water partition coefficient (Wildman–Crippen LogP) is 2.74. The van der Waals surface area contributed by atoms with Crippen LogP contribution in [0.5, 0.6) is 0 Å². The van der Waals surface area contributed by atoms with Gasteiger partial charge in [0.05, 0.1) is 0 Å². The van der Waals surface area contributed by atoms with Gasteiger partial charge in [-0.1, -0.05) is 12.1 Å². The van der Waals surface area contributed by atoms with Crippen LogP contribution in [0.4, 0.5) is 4.39 Å². The van der Waals surface area contributed by atoms with E-state index in [1.54, 1.807) is 6.07 Å². The zero-order valence-electron chi connectivity index (χ0n) is 11.1. The van der Waals surface area contributed by atoms with Gasteiger partial charge in [-0.25, -0.2) is 4.39 Å². The molecule has 1 unspecified atom stereocenters. The van der Waals surface area contributed by atoms with Crippen LogP contribution < -0.4 is 5.32 Å². The zero-order chi connectivity index (χ0) is 12.3. The van der Waals surface area contributed by atoms with E-state index in [1.165, 1.54) is 18.4 Å². The summed E-state index contributed by atoms with van der Waals surface area (Å²) in [5.41, 5.74) is 1.96. The third-order valence-electron chi connectivity index (χ3n) is 3.55. The molecule has 0 radical (unpaired) electrons. The van der Waals surface area contributed by atoms with Gasteiger partial charge in [0.1, 0.15) is 5.82 Å². The summed E-state index contributed by atoms with van der Waals surface area (Å²) in [5, 5.41) is 3.24. The van der Waals surface area contributed by atoms with Gasteiger partial charge in [0.25, 0.3) is 0 Å². The minimum Gasteiger partial charge on any atom is -0.318 e. The molecule has 1 aromatic carbocycles. The third-order valence-corrected chi connectivity index (χ3v) is 3.55. The van der Waals surface area contributed by atoms with E-state index in [0.717, 1.165) is 25.2 Å². The number of rotatable bonds is 4. The second-order valence-corrected chi connectivity index (χ2v) is 4.91. The molecule has 1 N–H and O–H groups in total. The number of hydrogen-bond acceptors (Lipinski definition) is 2. The van der Waals surface area contributed by atoms with Crippen molar-refractivity contribution in [2.45, 2.75) is 32.4 Å². The first-order chi connectivity index (χ1) is 8.20. The lowest BCUT2D eigenvalue weighted by atomic mass is 10.1. The molecule has 0 spiro atoms. The van der Waals surface area contributed by atoms with Crippen LogP contribution in [0.15, 0.2) is 18.2 Å². The van der Waals surface area contributed by atoms with Gasteiger partial charge in [-0.3, -0.25) is 4.90 Å². The number of halogens is 2. The Hall–Kier alpha value is -0.640. The van der Waals surface area contributed by atoms with E-state index in [4.69, 9.17) is 0 Å². The van der Waals surface area contributed by atoms with Crippen LogP contribution in [0.1, 0.15) is 24.0 Å². The van der Waals surface area contributed by atoms with Crippen molar-refractivity contribution in [2.75, 3.05) is 20.1 Å². The molecule has 0 bridgehead atoms. The number of aryl methyl sites for hydroxylation is 1. The maximum absolute atomic E-state index is 13.2. The van der Waals surface area contributed by atoms with Gasteiger partial charge in [-0.2, -0.15) is 0 Å². The SMILES string of the molecule is CNCC1CCCN1Cc1ccc(F)c(C)c1.Cl. The van der Waals surface area contributed by atoms with E-state index >= 15 is 0 Å². The molecular weight excluding hydrogens is 251 g/mol. The minimum absolute atomic E-state index is 0. The standard InChI is InChI=1S/C14H21FN2.ClH/c1-11-8-12(5-6-14(11)15)10-17-7-3-4-13(17)9-16-2;/h5-6,8,13,16H,3-4,7,9-10H2,1-2H3;1H. The number of nitrogens with zero attached hydrogens (tertiary/aromatic N) is 1. The van der Waals surface area contributed by atoms with E-state index in [2.05, 4.69) is 10.2 Å². The lowest BCUT2D eigenvalue weighted by Crippen LogP contribution is -2.36. The lowest BCUT2D eigenvalue weighted by molar-refractivity contribution is 0.242. The highest BCUT2D eigenvalue weighted by Crippen LogP contribution is 2.20. The quantitative estimate of drug-likeness (QED) is 0.907. The maximum atomic E-state index is 13.2. The molecule has 18 heavy (non-hydrogen) atoms. The number of hydrogen-bond donors (Lipinski definition) is 1. The molecule has 2 nitrogen and oxygen atoms in total. The molecule has 0 aromatic heterocycles. The van der Waals surface area contributed by atoms with Crippen LogP contribution in [-0.4, -0.2) is 31.1 Å². The number of likely N-dealkylation sites (N-methyl/N-ethyl adjacent to an activating group) is 1. The summed E-state index contributed by atoms with van der Waals surface area (Å²) in [6, 6.07) is 6.07. The molecule has 0 amide bonds. The predicted molar refractivity (Wildman–Crippen MR) is 75.7 cm³/mol. The van der Waals surface area contributed by atoms with Crippen molar-refractivity contribution in [3.05, 3.63) is 35.1 Å². The first kappa shape index (κ1) is 15.4. The first-order valence-electron chi connectivity index (χ1n) is 6.34. The number of likely N-dealkylation sites (tertiary alicyclic amines) is 1. The van der Waals surface area contributed by atoms with Crippen molar-refractivity contribution in [1.82, 2.24) is 10.2 Å². The second kappa shape index (κ2) is 7.07. The van der Waals surface area contributed by atoms with E-state index in [-0.39, 0.29) is 18.2 Å². The average Bonchev–Trinajstić information content (AvgIpc) is 2.72. The highest BCUT2D eigenvalue weighted by molar-refractivity contribution is 5.85. The maximum Gasteiger partial charge on any atom is 0.126 e. The zero-order valence-corrected chi connectivity index (χ0v) is 11.9. The van der Waals surface area contributed by atoms with Gasteiger partial charge in [-0.05, 0) is 50.6 Å². The Labute approximate surface area is 115 Å². The molecule has 1 saturated heterocycles. The van der Waals surface area contributed by atoms with Gasteiger partial charge in [-0.15, -0.1) is 12.4 Å². The summed E-state index contributed by atoms with van der Waals surface area (Å²) in [6.45, 7) is 4.96. The van der Waals surface area contributed by atoms with Gasteiger partial charge < -0.3 is 5.32 Å². The van der Waals surface area contributed by atoms with E-state index < -0.39 is 0 Å². The minimum atomic E-state index is -0.109. The molecule has 1 aliphatic rings. The molecule has 1 fully saturated rings. The summed E-state index contributed by atoms with van der Waals surface area (Å²) in [7, 11) is 2.00. The Bertz CT molecular complexity index is 384. The van der Waals surface area contributed by atoms with E-state index in [9.17, 15) is 4.39 Å². The van der Waals surface area contributed by atoms with Crippen LogP contribution in [0.25, 0.3) is 0 Å². The van der Waals surface area contributed by atoms with Gasteiger partial charge in [0, 0.05) is 19.1 Å². The van der Waals surface area contributed by atoms with Gasteiger partial charge in [0.2, 0.25) is 0 Å². The van der Waals surface area contributed by atoms with Crippen LogP contribution in [-0.2, 0) is 6.54 Å². The number of benzene rings is 1.